The first-order chi connectivity index (χ1) is 11.9. The number of carbonyl (C=O) groups excluding carboxylic acids is 1. The molecule has 1 fully saturated rings. The van der Waals surface area contributed by atoms with Crippen molar-refractivity contribution in [3.63, 3.8) is 0 Å². The van der Waals surface area contributed by atoms with Crippen LogP contribution in [-0.2, 0) is 4.74 Å². The van der Waals surface area contributed by atoms with E-state index in [2.05, 4.69) is 15.3 Å². The number of ether oxygens (including phenoxy) is 1. The zero-order valence-corrected chi connectivity index (χ0v) is 15.2. The minimum atomic E-state index is -0.476. The van der Waals surface area contributed by atoms with Gasteiger partial charge in [-0.25, -0.2) is 9.78 Å². The van der Waals surface area contributed by atoms with Gasteiger partial charge >= 0.3 is 6.09 Å². The Morgan fingerprint density at radius 2 is 2.04 bits per heavy atom. The third-order valence-electron chi connectivity index (χ3n) is 4.22. The minimum Gasteiger partial charge on any atom is -0.444 e. The summed E-state index contributed by atoms with van der Waals surface area (Å²) in [5.74, 6) is 0.730. The zero-order chi connectivity index (χ0) is 17.9. The van der Waals surface area contributed by atoms with Gasteiger partial charge in [-0.1, -0.05) is 12.1 Å². The van der Waals surface area contributed by atoms with Gasteiger partial charge in [0.25, 0.3) is 0 Å². The van der Waals surface area contributed by atoms with Gasteiger partial charge in [0.1, 0.15) is 11.4 Å². The molecule has 1 aromatic carbocycles. The molecule has 1 aliphatic rings. The Balaban J connectivity index is 1.65. The fourth-order valence-corrected chi connectivity index (χ4v) is 3.04. The van der Waals surface area contributed by atoms with Crippen molar-refractivity contribution in [1.82, 2.24) is 14.9 Å². The molecule has 2 aromatic rings. The summed E-state index contributed by atoms with van der Waals surface area (Å²) in [6.07, 6.45) is 4.61. The number of amides is 1. The fourth-order valence-electron chi connectivity index (χ4n) is 3.04. The average Bonchev–Trinajstić information content (AvgIpc) is 2.58. The van der Waals surface area contributed by atoms with Crippen LogP contribution in [0.5, 0.6) is 0 Å². The highest BCUT2D eigenvalue weighted by atomic mass is 16.6. The maximum Gasteiger partial charge on any atom is 0.410 e. The molecule has 0 saturated carbocycles. The molecule has 0 spiro atoms. The van der Waals surface area contributed by atoms with Crippen LogP contribution in [0.15, 0.2) is 30.5 Å². The van der Waals surface area contributed by atoms with Crippen molar-refractivity contribution in [2.45, 2.75) is 51.7 Å². The smallest absolute Gasteiger partial charge is 0.410 e. The van der Waals surface area contributed by atoms with Crippen LogP contribution in [0.3, 0.4) is 0 Å². The van der Waals surface area contributed by atoms with Crippen LogP contribution in [0.4, 0.5) is 10.6 Å². The van der Waals surface area contributed by atoms with Crippen molar-refractivity contribution in [2.75, 3.05) is 18.4 Å². The summed E-state index contributed by atoms with van der Waals surface area (Å²) < 4.78 is 5.55. The summed E-state index contributed by atoms with van der Waals surface area (Å²) in [7, 11) is 0. The molecule has 1 aliphatic heterocycles. The van der Waals surface area contributed by atoms with Gasteiger partial charge in [0.05, 0.1) is 23.3 Å². The third kappa shape index (κ3) is 4.59. The molecule has 134 valence electrons. The number of piperidine rings is 1. The number of benzene rings is 1. The van der Waals surface area contributed by atoms with E-state index in [9.17, 15) is 4.79 Å². The largest absolute Gasteiger partial charge is 0.444 e. The van der Waals surface area contributed by atoms with Gasteiger partial charge in [-0.05, 0) is 52.2 Å². The molecule has 1 atom stereocenters. The maximum atomic E-state index is 12.5. The van der Waals surface area contributed by atoms with Crippen LogP contribution in [-0.4, -0.2) is 45.7 Å². The third-order valence-corrected chi connectivity index (χ3v) is 4.22. The lowest BCUT2D eigenvalue weighted by molar-refractivity contribution is 0.0114. The number of nitrogens with one attached hydrogen (secondary N) is 1. The topological polar surface area (TPSA) is 67.3 Å². The van der Waals surface area contributed by atoms with Crippen LogP contribution in [0.1, 0.15) is 40.0 Å². The Morgan fingerprint density at radius 1 is 1.28 bits per heavy atom. The summed E-state index contributed by atoms with van der Waals surface area (Å²) in [5, 5.41) is 3.33. The Kier molecular flexibility index (Phi) is 5.06. The number of anilines is 1. The molecule has 1 N–H and O–H groups in total. The molecule has 0 aliphatic carbocycles. The van der Waals surface area contributed by atoms with Crippen molar-refractivity contribution in [3.05, 3.63) is 30.5 Å². The molecule has 2 heterocycles. The van der Waals surface area contributed by atoms with Gasteiger partial charge in [-0.3, -0.25) is 4.98 Å². The molecular weight excluding hydrogens is 316 g/mol. The van der Waals surface area contributed by atoms with Crippen molar-refractivity contribution >= 4 is 22.9 Å². The molecule has 25 heavy (non-hydrogen) atoms. The lowest BCUT2D eigenvalue weighted by Gasteiger charge is -2.36. The second kappa shape index (κ2) is 7.25. The number of hydrogen-bond acceptors (Lipinski definition) is 5. The summed E-state index contributed by atoms with van der Waals surface area (Å²) in [4.78, 5) is 23.3. The average molecular weight is 342 g/mol. The number of hydrogen-bond donors (Lipinski definition) is 1. The predicted molar refractivity (Wildman–Crippen MR) is 98.6 cm³/mol. The first-order valence-electron chi connectivity index (χ1n) is 8.88. The van der Waals surface area contributed by atoms with Gasteiger partial charge in [-0.15, -0.1) is 0 Å². The van der Waals surface area contributed by atoms with Crippen molar-refractivity contribution in [3.8, 4) is 0 Å². The highest BCUT2D eigenvalue weighted by Crippen LogP contribution is 2.21. The van der Waals surface area contributed by atoms with Gasteiger partial charge in [-0.2, -0.15) is 0 Å². The first kappa shape index (κ1) is 17.5. The van der Waals surface area contributed by atoms with Crippen molar-refractivity contribution < 1.29 is 9.53 Å². The Hall–Kier alpha value is -2.37. The minimum absolute atomic E-state index is 0.108. The molecule has 3 rings (SSSR count). The van der Waals surface area contributed by atoms with Crippen LogP contribution < -0.4 is 5.32 Å². The predicted octanol–water partition coefficient (Wildman–Crippen LogP) is 3.83. The summed E-state index contributed by atoms with van der Waals surface area (Å²) in [6, 6.07) is 7.90. The monoisotopic (exact) mass is 342 g/mol. The van der Waals surface area contributed by atoms with Crippen LogP contribution in [0.25, 0.3) is 11.0 Å². The molecule has 6 heteroatoms. The van der Waals surface area contributed by atoms with Crippen molar-refractivity contribution in [2.24, 2.45) is 0 Å². The number of fused-ring (bicyclic) bond motifs is 1. The van der Waals surface area contributed by atoms with E-state index in [4.69, 9.17) is 4.74 Å². The second-order valence-corrected chi connectivity index (χ2v) is 7.45. The molecule has 1 unspecified atom stereocenters. The van der Waals surface area contributed by atoms with Gasteiger partial charge < -0.3 is 15.0 Å². The van der Waals surface area contributed by atoms with E-state index in [1.165, 1.54) is 0 Å². The Bertz CT molecular complexity index is 742. The van der Waals surface area contributed by atoms with Crippen molar-refractivity contribution in [1.29, 1.82) is 0 Å². The van der Waals surface area contributed by atoms with E-state index in [-0.39, 0.29) is 12.1 Å². The van der Waals surface area contributed by atoms with Crippen LogP contribution in [0, 0.1) is 0 Å². The van der Waals surface area contributed by atoms with E-state index in [0.29, 0.717) is 6.54 Å². The molecule has 1 saturated heterocycles. The van der Waals surface area contributed by atoms with Crippen LogP contribution >= 0.6 is 0 Å². The quantitative estimate of drug-likeness (QED) is 0.918. The van der Waals surface area contributed by atoms with E-state index < -0.39 is 5.60 Å². The highest BCUT2D eigenvalue weighted by Gasteiger charge is 2.30. The molecular formula is C19H26N4O2. The van der Waals surface area contributed by atoms with Gasteiger partial charge in [0.15, 0.2) is 0 Å². The summed E-state index contributed by atoms with van der Waals surface area (Å²) >= 11 is 0. The van der Waals surface area contributed by atoms with E-state index >= 15 is 0 Å². The number of nitrogens with zero attached hydrogens (tertiary/aromatic N) is 3. The second-order valence-electron chi connectivity index (χ2n) is 7.45. The van der Waals surface area contributed by atoms with E-state index in [1.54, 1.807) is 6.20 Å². The standard InChI is InChI=1S/C19H26N4O2/c1-19(2,3)25-18(24)23-11-7-6-8-14(23)12-21-17-13-20-15-9-4-5-10-16(15)22-17/h4-5,9-10,13-14H,6-8,11-12H2,1-3H3,(H,21,22). The normalized spacial score (nSPS) is 18.2. The molecule has 1 aromatic heterocycles. The summed E-state index contributed by atoms with van der Waals surface area (Å²) in [5.41, 5.74) is 1.26. The number of rotatable bonds is 3. The molecule has 0 bridgehead atoms. The fraction of sp³-hybridized carbons (Fsp3) is 0.526. The van der Waals surface area contributed by atoms with E-state index in [1.807, 2.05) is 49.9 Å². The lowest BCUT2D eigenvalue weighted by Crippen LogP contribution is -2.48. The SMILES string of the molecule is CC(C)(C)OC(=O)N1CCCCC1CNc1cnc2ccccc2n1. The Morgan fingerprint density at radius 3 is 2.80 bits per heavy atom. The number of para-hydroxylation sites is 2. The van der Waals surface area contributed by atoms with Gasteiger partial charge in [0, 0.05) is 13.1 Å². The highest BCUT2D eigenvalue weighted by molar-refractivity contribution is 5.75. The maximum absolute atomic E-state index is 12.5. The Labute approximate surface area is 148 Å². The number of likely N-dealkylation sites (tertiary alicyclic amines) is 1. The first-order valence-corrected chi connectivity index (χ1v) is 8.88. The summed E-state index contributed by atoms with van der Waals surface area (Å²) in [6.45, 7) is 7.07. The van der Waals surface area contributed by atoms with Gasteiger partial charge in [0.2, 0.25) is 0 Å². The van der Waals surface area contributed by atoms with Crippen LogP contribution in [0.2, 0.25) is 0 Å². The zero-order valence-electron chi connectivity index (χ0n) is 15.2. The van der Waals surface area contributed by atoms with E-state index in [0.717, 1.165) is 42.7 Å². The molecule has 1 amide bonds. The lowest BCUT2D eigenvalue weighted by atomic mass is 10.0. The molecule has 6 nitrogen and oxygen atoms in total. The molecule has 0 radical (unpaired) electrons. The number of aromatic nitrogens is 2. The number of carbonyl (C=O) groups is 1.